The lowest BCUT2D eigenvalue weighted by molar-refractivity contribution is 0.103. The van der Waals surface area contributed by atoms with Crippen molar-refractivity contribution in [1.29, 1.82) is 0 Å². The van der Waals surface area contributed by atoms with E-state index in [1.54, 1.807) is 0 Å². The fourth-order valence-electron chi connectivity index (χ4n) is 3.59. The number of rotatable bonds is 4. The molecular formula is C22H23FN4O. The first-order valence-electron chi connectivity index (χ1n) is 9.42. The number of halogens is 1. The highest BCUT2D eigenvalue weighted by Crippen LogP contribution is 2.24. The highest BCUT2D eigenvalue weighted by Gasteiger charge is 2.21. The number of aromatic nitrogens is 1. The minimum atomic E-state index is -0.353. The van der Waals surface area contributed by atoms with Crippen LogP contribution in [0.15, 0.2) is 53.8 Å². The first-order chi connectivity index (χ1) is 13.5. The standard InChI is InChI=1S/C22H23FN4O/c1-16-19(15-24-26-13-11-25(2)12-14-26)20-5-3-4-10-27(20)21(16)22(28)17-6-8-18(23)9-7-17/h3-10,15H,11-14H2,1-2H3/b24-15-. The maximum Gasteiger partial charge on any atom is 0.210 e. The molecule has 1 aliphatic heterocycles. The molecule has 3 heterocycles. The van der Waals surface area contributed by atoms with Crippen LogP contribution in [0.1, 0.15) is 27.2 Å². The fraction of sp³-hybridized carbons (Fsp3) is 0.273. The SMILES string of the molecule is Cc1c(/C=N\N2CCN(C)CC2)c2ccccn2c1C(=O)c1ccc(F)cc1. The Hall–Kier alpha value is -2.99. The van der Waals surface area contributed by atoms with Crippen LogP contribution in [0.25, 0.3) is 5.52 Å². The summed E-state index contributed by atoms with van der Waals surface area (Å²) in [5, 5.41) is 6.73. The van der Waals surface area contributed by atoms with Crippen molar-refractivity contribution in [3.63, 3.8) is 0 Å². The summed E-state index contributed by atoms with van der Waals surface area (Å²) in [5.41, 5.74) is 3.80. The van der Waals surface area contributed by atoms with Gasteiger partial charge >= 0.3 is 0 Å². The van der Waals surface area contributed by atoms with Crippen LogP contribution in [0.3, 0.4) is 0 Å². The molecular weight excluding hydrogens is 355 g/mol. The second kappa shape index (κ2) is 7.56. The van der Waals surface area contributed by atoms with E-state index in [0.29, 0.717) is 11.3 Å². The summed E-state index contributed by atoms with van der Waals surface area (Å²) >= 11 is 0. The van der Waals surface area contributed by atoms with Gasteiger partial charge in [0.05, 0.1) is 17.4 Å². The molecule has 1 saturated heterocycles. The van der Waals surface area contributed by atoms with E-state index in [9.17, 15) is 9.18 Å². The summed E-state index contributed by atoms with van der Waals surface area (Å²) in [4.78, 5) is 15.4. The Balaban J connectivity index is 1.73. The van der Waals surface area contributed by atoms with E-state index in [2.05, 4.69) is 22.1 Å². The topological polar surface area (TPSA) is 40.3 Å². The van der Waals surface area contributed by atoms with Crippen LogP contribution in [-0.4, -0.2) is 59.5 Å². The van der Waals surface area contributed by atoms with Crippen LogP contribution < -0.4 is 0 Å². The van der Waals surface area contributed by atoms with E-state index < -0.39 is 0 Å². The Morgan fingerprint density at radius 1 is 1.07 bits per heavy atom. The van der Waals surface area contributed by atoms with Crippen LogP contribution in [-0.2, 0) is 0 Å². The van der Waals surface area contributed by atoms with E-state index in [1.807, 2.05) is 41.9 Å². The predicted octanol–water partition coefficient (Wildman–Crippen LogP) is 3.20. The third kappa shape index (κ3) is 3.43. The van der Waals surface area contributed by atoms with Gasteiger partial charge < -0.3 is 9.30 Å². The van der Waals surface area contributed by atoms with Gasteiger partial charge in [0.1, 0.15) is 5.82 Å². The molecule has 0 atom stereocenters. The number of pyridine rings is 1. The monoisotopic (exact) mass is 378 g/mol. The second-order valence-corrected chi connectivity index (χ2v) is 7.18. The summed E-state index contributed by atoms with van der Waals surface area (Å²) < 4.78 is 15.1. The van der Waals surface area contributed by atoms with Crippen LogP contribution >= 0.6 is 0 Å². The molecule has 0 spiro atoms. The zero-order chi connectivity index (χ0) is 19.7. The van der Waals surface area contributed by atoms with Crippen molar-refractivity contribution in [1.82, 2.24) is 14.3 Å². The number of nitrogens with zero attached hydrogens (tertiary/aromatic N) is 4. The molecule has 1 aliphatic rings. The molecule has 0 unspecified atom stereocenters. The van der Waals surface area contributed by atoms with Gasteiger partial charge in [-0.25, -0.2) is 4.39 Å². The first kappa shape index (κ1) is 18.4. The molecule has 4 rings (SSSR count). The van der Waals surface area contributed by atoms with E-state index in [0.717, 1.165) is 42.8 Å². The Morgan fingerprint density at radius 2 is 1.79 bits per heavy atom. The second-order valence-electron chi connectivity index (χ2n) is 7.18. The lowest BCUT2D eigenvalue weighted by atomic mass is 10.0. The lowest BCUT2D eigenvalue weighted by Crippen LogP contribution is -2.41. The highest BCUT2D eigenvalue weighted by molar-refractivity contribution is 6.11. The summed E-state index contributed by atoms with van der Waals surface area (Å²) in [6, 6.07) is 11.5. The molecule has 0 saturated carbocycles. The number of carbonyl (C=O) groups is 1. The third-order valence-electron chi connectivity index (χ3n) is 5.29. The molecule has 0 amide bonds. The van der Waals surface area contributed by atoms with E-state index in [4.69, 9.17) is 0 Å². The van der Waals surface area contributed by atoms with Gasteiger partial charge in [0.25, 0.3) is 0 Å². The molecule has 1 fully saturated rings. The largest absolute Gasteiger partial charge is 0.313 e. The van der Waals surface area contributed by atoms with Gasteiger partial charge in [-0.2, -0.15) is 5.10 Å². The molecule has 2 aromatic heterocycles. The van der Waals surface area contributed by atoms with Gasteiger partial charge in [-0.3, -0.25) is 9.80 Å². The molecule has 0 aliphatic carbocycles. The van der Waals surface area contributed by atoms with Gasteiger partial charge in [0.2, 0.25) is 5.78 Å². The minimum Gasteiger partial charge on any atom is -0.313 e. The molecule has 0 radical (unpaired) electrons. The molecule has 3 aromatic rings. The van der Waals surface area contributed by atoms with E-state index in [1.165, 1.54) is 24.3 Å². The average Bonchev–Trinajstić information content (AvgIpc) is 2.99. The van der Waals surface area contributed by atoms with Crippen LogP contribution in [0.4, 0.5) is 4.39 Å². The fourth-order valence-corrected chi connectivity index (χ4v) is 3.59. The molecule has 6 heteroatoms. The number of hydrazone groups is 1. The lowest BCUT2D eigenvalue weighted by Gasteiger charge is -2.30. The molecule has 5 nitrogen and oxygen atoms in total. The first-order valence-corrected chi connectivity index (χ1v) is 9.42. The Morgan fingerprint density at radius 3 is 2.50 bits per heavy atom. The molecule has 1 aromatic carbocycles. The van der Waals surface area contributed by atoms with Gasteiger partial charge in [-0.1, -0.05) is 6.07 Å². The zero-order valence-corrected chi connectivity index (χ0v) is 16.1. The summed E-state index contributed by atoms with van der Waals surface area (Å²) in [6.45, 7) is 5.69. The quantitative estimate of drug-likeness (QED) is 0.517. The van der Waals surface area contributed by atoms with Crippen molar-refractivity contribution in [2.24, 2.45) is 5.10 Å². The number of ketones is 1. The van der Waals surface area contributed by atoms with E-state index in [-0.39, 0.29) is 11.6 Å². The van der Waals surface area contributed by atoms with Crippen LogP contribution in [0.2, 0.25) is 0 Å². The molecule has 28 heavy (non-hydrogen) atoms. The summed E-state index contributed by atoms with van der Waals surface area (Å²) in [5.74, 6) is -0.480. The number of hydrogen-bond acceptors (Lipinski definition) is 4. The Bertz CT molecular complexity index is 1030. The molecule has 0 N–H and O–H groups in total. The number of fused-ring (bicyclic) bond motifs is 1. The minimum absolute atomic E-state index is 0.127. The van der Waals surface area contributed by atoms with E-state index >= 15 is 0 Å². The zero-order valence-electron chi connectivity index (χ0n) is 16.1. The van der Waals surface area contributed by atoms with Crippen molar-refractivity contribution < 1.29 is 9.18 Å². The number of carbonyl (C=O) groups excluding carboxylic acids is 1. The predicted molar refractivity (Wildman–Crippen MR) is 109 cm³/mol. The van der Waals surface area contributed by atoms with Gasteiger partial charge in [0, 0.05) is 43.5 Å². The van der Waals surface area contributed by atoms with Gasteiger partial charge in [-0.05, 0) is 55.9 Å². The average molecular weight is 378 g/mol. The Kier molecular flexibility index (Phi) is 4.96. The van der Waals surface area contributed by atoms with Crippen molar-refractivity contribution >= 4 is 17.5 Å². The normalized spacial score (nSPS) is 15.6. The van der Waals surface area contributed by atoms with Crippen molar-refractivity contribution in [2.75, 3.05) is 33.2 Å². The number of hydrogen-bond donors (Lipinski definition) is 0. The highest BCUT2D eigenvalue weighted by atomic mass is 19.1. The Labute approximate surface area is 163 Å². The van der Waals surface area contributed by atoms with Crippen LogP contribution in [0, 0.1) is 12.7 Å². The maximum atomic E-state index is 13.2. The summed E-state index contributed by atoms with van der Waals surface area (Å²) in [7, 11) is 2.11. The van der Waals surface area contributed by atoms with Crippen molar-refractivity contribution in [3.8, 4) is 0 Å². The van der Waals surface area contributed by atoms with Crippen molar-refractivity contribution in [3.05, 3.63) is 76.9 Å². The van der Waals surface area contributed by atoms with Gasteiger partial charge in [0.15, 0.2) is 0 Å². The van der Waals surface area contributed by atoms with Crippen LogP contribution in [0.5, 0.6) is 0 Å². The number of benzene rings is 1. The molecule has 144 valence electrons. The molecule has 0 bridgehead atoms. The summed E-state index contributed by atoms with van der Waals surface area (Å²) in [6.07, 6.45) is 3.74. The third-order valence-corrected chi connectivity index (χ3v) is 5.29. The van der Waals surface area contributed by atoms with Gasteiger partial charge in [-0.15, -0.1) is 0 Å². The smallest absolute Gasteiger partial charge is 0.210 e. The number of likely N-dealkylation sites (N-methyl/N-ethyl adjacent to an activating group) is 1. The number of piperazine rings is 1. The maximum absolute atomic E-state index is 13.2. The van der Waals surface area contributed by atoms with Crippen molar-refractivity contribution in [2.45, 2.75) is 6.92 Å².